The Balaban J connectivity index is 2.26. The van der Waals surface area contributed by atoms with Crippen molar-refractivity contribution in [3.05, 3.63) is 28.3 Å². The second-order valence-corrected chi connectivity index (χ2v) is 3.99. The fraction of sp³-hybridized carbons (Fsp3) is 0.286. The van der Waals surface area contributed by atoms with E-state index in [0.717, 1.165) is 4.91 Å². The lowest BCUT2D eigenvalue weighted by Gasteiger charge is -2.10. The molecule has 9 heteroatoms. The predicted octanol–water partition coefficient (Wildman–Crippen LogP) is 0.229. The molecule has 16 heavy (non-hydrogen) atoms. The van der Waals surface area contributed by atoms with Gasteiger partial charge >= 0.3 is 5.82 Å². The molecule has 0 atom stereocenters. The van der Waals surface area contributed by atoms with E-state index in [4.69, 9.17) is 0 Å². The van der Waals surface area contributed by atoms with E-state index in [1.165, 1.54) is 22.7 Å². The molecular formula is C7H10N6O2S. The molecule has 0 aliphatic carbocycles. The first-order chi connectivity index (χ1) is 7.63. The van der Waals surface area contributed by atoms with Gasteiger partial charge in [-0.05, 0) is 4.92 Å². The molecule has 0 amide bonds. The molecule has 0 saturated heterocycles. The van der Waals surface area contributed by atoms with Crippen molar-refractivity contribution in [3.63, 3.8) is 0 Å². The van der Waals surface area contributed by atoms with Gasteiger partial charge in [0.15, 0.2) is 0 Å². The van der Waals surface area contributed by atoms with Gasteiger partial charge in [-0.1, -0.05) is 4.52 Å². The molecular weight excluding hydrogens is 232 g/mol. The molecule has 1 aromatic heterocycles. The van der Waals surface area contributed by atoms with Crippen LogP contribution in [0.4, 0.5) is 5.82 Å². The number of nitrogens with zero attached hydrogens (tertiary/aromatic N) is 4. The van der Waals surface area contributed by atoms with Crippen molar-refractivity contribution in [2.75, 3.05) is 7.05 Å². The second-order valence-electron chi connectivity index (χ2n) is 3.00. The van der Waals surface area contributed by atoms with Crippen molar-refractivity contribution in [1.82, 2.24) is 24.9 Å². The highest BCUT2D eigenvalue weighted by Gasteiger charge is 2.25. The third-order valence-electron chi connectivity index (χ3n) is 2.08. The molecule has 2 heterocycles. The van der Waals surface area contributed by atoms with Crippen LogP contribution in [0.1, 0.15) is 5.82 Å². The Labute approximate surface area is 95.5 Å². The minimum Gasteiger partial charge on any atom is -0.358 e. The maximum atomic E-state index is 10.7. The lowest BCUT2D eigenvalue weighted by Crippen LogP contribution is -2.34. The van der Waals surface area contributed by atoms with E-state index in [1.54, 1.807) is 24.8 Å². The number of hydrazine groups is 2. The zero-order chi connectivity index (χ0) is 11.7. The summed E-state index contributed by atoms with van der Waals surface area (Å²) in [5.74, 6) is 0.529. The third-order valence-corrected chi connectivity index (χ3v) is 3.04. The number of aromatic nitrogens is 2. The zero-order valence-electron chi connectivity index (χ0n) is 8.67. The number of nitrogens with one attached hydrogen (secondary N) is 2. The molecule has 0 fully saturated rings. The Morgan fingerprint density at radius 2 is 2.44 bits per heavy atom. The quantitative estimate of drug-likeness (QED) is 0.445. The molecule has 0 unspecified atom stereocenters. The Hall–Kier alpha value is -1.58. The molecule has 0 saturated carbocycles. The van der Waals surface area contributed by atoms with Crippen LogP contribution in [0.15, 0.2) is 12.4 Å². The predicted molar refractivity (Wildman–Crippen MR) is 59.5 cm³/mol. The Morgan fingerprint density at radius 3 is 2.94 bits per heavy atom. The van der Waals surface area contributed by atoms with Gasteiger partial charge in [-0.15, -0.1) is 0 Å². The van der Waals surface area contributed by atoms with Crippen molar-refractivity contribution in [2.24, 2.45) is 7.05 Å². The first-order valence-electron chi connectivity index (χ1n) is 4.41. The van der Waals surface area contributed by atoms with Gasteiger partial charge in [0.2, 0.25) is 5.82 Å². The van der Waals surface area contributed by atoms with Crippen LogP contribution in [0.25, 0.3) is 4.91 Å². The number of hydrogen-bond donors (Lipinski definition) is 2. The Bertz CT molecular complexity index is 456. The van der Waals surface area contributed by atoms with Gasteiger partial charge in [0, 0.05) is 25.2 Å². The number of rotatable bonds is 3. The van der Waals surface area contributed by atoms with Crippen LogP contribution < -0.4 is 10.9 Å². The number of nitro groups is 1. The van der Waals surface area contributed by atoms with Gasteiger partial charge in [-0.2, -0.15) is 0 Å². The fourth-order valence-corrected chi connectivity index (χ4v) is 2.05. The van der Waals surface area contributed by atoms with Crippen LogP contribution in [0.3, 0.4) is 0 Å². The van der Waals surface area contributed by atoms with E-state index in [2.05, 4.69) is 15.8 Å². The third kappa shape index (κ3) is 1.75. The van der Waals surface area contributed by atoms with Crippen LogP contribution in [0.5, 0.6) is 0 Å². The molecule has 0 bridgehead atoms. The zero-order valence-corrected chi connectivity index (χ0v) is 9.48. The summed E-state index contributed by atoms with van der Waals surface area (Å²) in [5, 5.41) is 10.7. The summed E-state index contributed by atoms with van der Waals surface area (Å²) in [7, 11) is 3.38. The summed E-state index contributed by atoms with van der Waals surface area (Å²) < 4.78 is 3.11. The molecule has 86 valence electrons. The number of imidazole rings is 1. The van der Waals surface area contributed by atoms with E-state index >= 15 is 0 Å². The smallest absolute Gasteiger partial charge is 0.342 e. The molecule has 0 radical (unpaired) electrons. The van der Waals surface area contributed by atoms with Gasteiger partial charge in [0.05, 0.1) is 7.05 Å². The van der Waals surface area contributed by atoms with Gasteiger partial charge in [0.25, 0.3) is 0 Å². The van der Waals surface area contributed by atoms with E-state index in [1.807, 2.05) is 0 Å². The molecule has 2 rings (SSSR count). The highest BCUT2D eigenvalue weighted by atomic mass is 32.2. The molecule has 1 aromatic rings. The first kappa shape index (κ1) is 10.9. The van der Waals surface area contributed by atoms with Gasteiger partial charge in [-0.3, -0.25) is 0 Å². The van der Waals surface area contributed by atoms with Crippen molar-refractivity contribution in [2.45, 2.75) is 0 Å². The van der Waals surface area contributed by atoms with Gasteiger partial charge in [-0.25, -0.2) is 15.0 Å². The Morgan fingerprint density at radius 1 is 1.69 bits per heavy atom. The molecule has 0 aromatic carbocycles. The minimum absolute atomic E-state index is 0.0283. The molecule has 1 aliphatic heterocycles. The normalized spacial score (nSPS) is 16.0. The lowest BCUT2D eigenvalue weighted by atomic mass is 10.5. The molecule has 1 aliphatic rings. The largest absolute Gasteiger partial charge is 0.358 e. The van der Waals surface area contributed by atoms with E-state index in [9.17, 15) is 10.1 Å². The van der Waals surface area contributed by atoms with Crippen LogP contribution in [-0.2, 0) is 7.05 Å². The molecule has 8 nitrogen and oxygen atoms in total. The monoisotopic (exact) mass is 242 g/mol. The van der Waals surface area contributed by atoms with E-state index < -0.39 is 4.92 Å². The average molecular weight is 242 g/mol. The van der Waals surface area contributed by atoms with Crippen LogP contribution in [0.2, 0.25) is 0 Å². The average Bonchev–Trinajstić information content (AvgIpc) is 2.83. The standard InChI is InChI=1S/C7H10N6O2S/c1-8-13-10-3-5(16-13)7-9-4-6(11(7)2)12(14)15/h3-4,8,10H,1-2H3. The summed E-state index contributed by atoms with van der Waals surface area (Å²) in [4.78, 5) is 15.0. The number of hydrogen-bond acceptors (Lipinski definition) is 7. The van der Waals surface area contributed by atoms with Crippen molar-refractivity contribution in [3.8, 4) is 0 Å². The summed E-state index contributed by atoms with van der Waals surface area (Å²) in [6.45, 7) is 0. The highest BCUT2D eigenvalue weighted by Crippen LogP contribution is 2.32. The van der Waals surface area contributed by atoms with Gasteiger partial charge < -0.3 is 15.5 Å². The maximum Gasteiger partial charge on any atom is 0.342 e. The first-order valence-corrected chi connectivity index (χ1v) is 5.19. The summed E-state index contributed by atoms with van der Waals surface area (Å²) >= 11 is 1.37. The minimum atomic E-state index is -0.458. The SMILES string of the molecule is CNN1NC=C(c2ncc([N+](=O)[O-])n2C)S1. The summed E-state index contributed by atoms with van der Waals surface area (Å²) in [6.07, 6.45) is 2.98. The summed E-state index contributed by atoms with van der Waals surface area (Å²) in [6, 6.07) is 0. The highest BCUT2D eigenvalue weighted by molar-refractivity contribution is 8.06. The second kappa shape index (κ2) is 4.12. The van der Waals surface area contributed by atoms with E-state index in [0.29, 0.717) is 5.82 Å². The lowest BCUT2D eigenvalue weighted by molar-refractivity contribution is -0.391. The van der Waals surface area contributed by atoms with Crippen LogP contribution in [0, 0.1) is 10.1 Å². The Kier molecular flexibility index (Phi) is 2.81. The maximum absolute atomic E-state index is 10.7. The van der Waals surface area contributed by atoms with Crippen molar-refractivity contribution < 1.29 is 4.92 Å². The van der Waals surface area contributed by atoms with E-state index in [-0.39, 0.29) is 5.82 Å². The van der Waals surface area contributed by atoms with Crippen LogP contribution in [-0.4, -0.2) is 26.0 Å². The molecule has 2 N–H and O–H groups in total. The van der Waals surface area contributed by atoms with Crippen molar-refractivity contribution in [1.29, 1.82) is 0 Å². The fourth-order valence-electron chi connectivity index (χ4n) is 1.28. The molecule has 0 spiro atoms. The topological polar surface area (TPSA) is 88.3 Å². The van der Waals surface area contributed by atoms with Crippen LogP contribution >= 0.6 is 11.9 Å². The van der Waals surface area contributed by atoms with Gasteiger partial charge in [0.1, 0.15) is 11.1 Å². The van der Waals surface area contributed by atoms with Crippen molar-refractivity contribution >= 4 is 22.7 Å². The summed E-state index contributed by atoms with van der Waals surface area (Å²) in [5.41, 5.74) is 5.80.